The number of hydrogen-bond donors (Lipinski definition) is 1. The number of hydrogen-bond acceptors (Lipinski definition) is 2. The summed E-state index contributed by atoms with van der Waals surface area (Å²) < 4.78 is 15.6. The highest BCUT2D eigenvalue weighted by molar-refractivity contribution is 7.84. The van der Waals surface area contributed by atoms with Crippen LogP contribution in [-0.2, 0) is 27.9 Å². The van der Waals surface area contributed by atoms with Crippen LogP contribution in [-0.4, -0.2) is 14.9 Å². The van der Waals surface area contributed by atoms with Gasteiger partial charge < -0.3 is 4.90 Å². The van der Waals surface area contributed by atoms with E-state index in [1.165, 1.54) is 0 Å². The summed E-state index contributed by atoms with van der Waals surface area (Å²) in [5, 5.41) is 0. The van der Waals surface area contributed by atoms with Crippen molar-refractivity contribution in [1.29, 1.82) is 0 Å². The molecule has 1 N–H and O–H groups in total. The second-order valence-electron chi connectivity index (χ2n) is 7.64. The number of fused-ring (bicyclic) bond motifs is 1. The maximum absolute atomic E-state index is 13.5. The van der Waals surface area contributed by atoms with E-state index in [2.05, 4.69) is 4.72 Å². The number of nitrogens with one attached hydrogen (secondary N) is 1. The third-order valence-corrected chi connectivity index (χ3v) is 6.45. The van der Waals surface area contributed by atoms with Crippen LogP contribution in [0.15, 0.2) is 54.6 Å². The Morgan fingerprint density at radius 1 is 1.04 bits per heavy atom. The first-order valence-corrected chi connectivity index (χ1v) is 10.1. The Morgan fingerprint density at radius 3 is 2.27 bits per heavy atom. The third kappa shape index (κ3) is 3.21. The minimum atomic E-state index is -1.35. The Hall–Kier alpha value is -1.98. The van der Waals surface area contributed by atoms with Crippen LogP contribution in [0.3, 0.4) is 0 Å². The normalized spacial score (nSPS) is 20.9. The Kier molecular flexibility index (Phi) is 5.04. The molecule has 2 aromatic carbocycles. The fraction of sp³-hybridized carbons (Fsp3) is 0.381. The van der Waals surface area contributed by atoms with Crippen LogP contribution in [0.1, 0.15) is 45.2 Å². The average Bonchev–Trinajstić information content (AvgIpc) is 2.85. The maximum atomic E-state index is 13.5. The lowest BCUT2D eigenvalue weighted by atomic mass is 9.90. The van der Waals surface area contributed by atoms with Gasteiger partial charge in [0.25, 0.3) is 5.91 Å². The summed E-state index contributed by atoms with van der Waals surface area (Å²) in [5.74, 6) is -0.0392. The first-order chi connectivity index (χ1) is 12.3. The van der Waals surface area contributed by atoms with Crippen LogP contribution >= 0.6 is 0 Å². The molecule has 0 unspecified atom stereocenters. The largest absolute Gasteiger partial charge is 0.306 e. The molecule has 2 aromatic rings. The molecule has 0 aromatic heterocycles. The SMILES string of the molecule is CC[C@@]1(N[S@@](=O)C(C)(C)C)C(=O)N(Cc2ccccc2)c2ccccc21. The van der Waals surface area contributed by atoms with Crippen LogP contribution in [0.5, 0.6) is 0 Å². The fourth-order valence-electron chi connectivity index (χ4n) is 3.27. The van der Waals surface area contributed by atoms with Crippen molar-refractivity contribution >= 4 is 22.6 Å². The molecule has 0 radical (unpaired) electrons. The van der Waals surface area contributed by atoms with E-state index in [1.54, 1.807) is 4.90 Å². The third-order valence-electron chi connectivity index (χ3n) is 4.80. The summed E-state index contributed by atoms with van der Waals surface area (Å²) in [6.45, 7) is 8.20. The van der Waals surface area contributed by atoms with Gasteiger partial charge in [-0.25, -0.2) is 8.93 Å². The van der Waals surface area contributed by atoms with Crippen molar-refractivity contribution in [3.63, 3.8) is 0 Å². The van der Waals surface area contributed by atoms with E-state index in [1.807, 2.05) is 82.3 Å². The Labute approximate surface area is 158 Å². The van der Waals surface area contributed by atoms with Gasteiger partial charge >= 0.3 is 0 Å². The smallest absolute Gasteiger partial charge is 0.253 e. The Balaban J connectivity index is 2.04. The molecule has 2 atom stereocenters. The van der Waals surface area contributed by atoms with Crippen LogP contribution in [0.25, 0.3) is 0 Å². The van der Waals surface area contributed by atoms with Crippen molar-refractivity contribution in [3.05, 3.63) is 65.7 Å². The van der Waals surface area contributed by atoms with Gasteiger partial charge in [0.15, 0.2) is 0 Å². The molecule has 138 valence electrons. The molecule has 1 aliphatic rings. The van der Waals surface area contributed by atoms with E-state index in [4.69, 9.17) is 0 Å². The van der Waals surface area contributed by atoms with Crippen LogP contribution in [0, 0.1) is 0 Å². The molecule has 26 heavy (non-hydrogen) atoms. The van der Waals surface area contributed by atoms with Crippen molar-refractivity contribution in [2.75, 3.05) is 4.90 Å². The summed E-state index contributed by atoms with van der Waals surface area (Å²) in [5.41, 5.74) is 1.91. The van der Waals surface area contributed by atoms with E-state index in [0.29, 0.717) is 13.0 Å². The number of nitrogens with zero attached hydrogens (tertiary/aromatic N) is 1. The number of para-hydroxylation sites is 1. The molecule has 1 amide bonds. The number of carbonyl (C=O) groups excluding carboxylic acids is 1. The van der Waals surface area contributed by atoms with E-state index in [-0.39, 0.29) is 5.91 Å². The van der Waals surface area contributed by atoms with E-state index in [9.17, 15) is 9.00 Å². The predicted molar refractivity (Wildman–Crippen MR) is 107 cm³/mol. The molecular weight excluding hydrogens is 344 g/mol. The molecule has 0 aliphatic carbocycles. The van der Waals surface area contributed by atoms with Crippen molar-refractivity contribution in [1.82, 2.24) is 4.72 Å². The number of benzene rings is 2. The lowest BCUT2D eigenvalue weighted by Gasteiger charge is -2.31. The lowest BCUT2D eigenvalue weighted by Crippen LogP contribution is -2.53. The van der Waals surface area contributed by atoms with Gasteiger partial charge in [0.05, 0.1) is 22.3 Å². The maximum Gasteiger partial charge on any atom is 0.253 e. The molecule has 0 saturated heterocycles. The molecule has 1 heterocycles. The number of rotatable bonds is 5. The molecule has 1 aliphatic heterocycles. The first kappa shape index (κ1) is 18.8. The van der Waals surface area contributed by atoms with Gasteiger partial charge in [-0.1, -0.05) is 55.5 Å². The van der Waals surface area contributed by atoms with Gasteiger partial charge in [-0.15, -0.1) is 0 Å². The minimum Gasteiger partial charge on any atom is -0.306 e. The van der Waals surface area contributed by atoms with E-state index in [0.717, 1.165) is 16.8 Å². The highest BCUT2D eigenvalue weighted by atomic mass is 32.2. The lowest BCUT2D eigenvalue weighted by molar-refractivity contribution is -0.123. The second-order valence-corrected chi connectivity index (χ2v) is 9.60. The van der Waals surface area contributed by atoms with Crippen molar-refractivity contribution in [2.24, 2.45) is 0 Å². The quantitative estimate of drug-likeness (QED) is 0.868. The molecule has 0 bridgehead atoms. The topological polar surface area (TPSA) is 49.4 Å². The average molecular weight is 371 g/mol. The van der Waals surface area contributed by atoms with Crippen LogP contribution in [0.4, 0.5) is 5.69 Å². The zero-order valence-corrected chi connectivity index (χ0v) is 16.6. The summed E-state index contributed by atoms with van der Waals surface area (Å²) in [6.07, 6.45) is 0.538. The second kappa shape index (κ2) is 6.97. The Bertz CT molecular complexity index is 829. The monoisotopic (exact) mass is 370 g/mol. The van der Waals surface area contributed by atoms with Gasteiger partial charge in [-0.2, -0.15) is 0 Å². The number of anilines is 1. The van der Waals surface area contributed by atoms with E-state index >= 15 is 0 Å². The van der Waals surface area contributed by atoms with Crippen molar-refractivity contribution < 1.29 is 9.00 Å². The standard InChI is InChI=1S/C21H26N2O2S/c1-5-21(22-26(25)20(2,3)4)17-13-9-10-14-18(17)23(19(21)24)15-16-11-7-6-8-12-16/h6-14,22H,5,15H2,1-4H3/t21-,26-/m0/s1. The summed E-state index contributed by atoms with van der Waals surface area (Å²) in [7, 11) is -1.35. The molecule has 0 spiro atoms. The predicted octanol–water partition coefficient (Wildman–Crippen LogP) is 3.89. The summed E-state index contributed by atoms with van der Waals surface area (Å²) in [4.78, 5) is 15.3. The molecule has 3 rings (SSSR count). The highest BCUT2D eigenvalue weighted by Crippen LogP contribution is 2.43. The van der Waals surface area contributed by atoms with Crippen molar-refractivity contribution in [3.8, 4) is 0 Å². The van der Waals surface area contributed by atoms with Gasteiger partial charge in [0.1, 0.15) is 5.54 Å². The molecular formula is C21H26N2O2S. The number of amides is 1. The highest BCUT2D eigenvalue weighted by Gasteiger charge is 2.51. The fourth-order valence-corrected chi connectivity index (χ4v) is 4.24. The van der Waals surface area contributed by atoms with E-state index < -0.39 is 21.3 Å². The number of carbonyl (C=O) groups is 1. The molecule has 5 heteroatoms. The summed E-state index contributed by atoms with van der Waals surface area (Å²) in [6, 6.07) is 17.8. The van der Waals surface area contributed by atoms with Crippen molar-refractivity contribution in [2.45, 2.75) is 50.9 Å². The van der Waals surface area contributed by atoms with Crippen LogP contribution in [0.2, 0.25) is 0 Å². The Morgan fingerprint density at radius 2 is 1.65 bits per heavy atom. The zero-order valence-electron chi connectivity index (χ0n) is 15.8. The van der Waals surface area contributed by atoms with Gasteiger partial charge in [0, 0.05) is 11.3 Å². The molecule has 4 nitrogen and oxygen atoms in total. The van der Waals surface area contributed by atoms with Crippen LogP contribution < -0.4 is 9.62 Å². The van der Waals surface area contributed by atoms with Gasteiger partial charge in [0.2, 0.25) is 0 Å². The van der Waals surface area contributed by atoms with Gasteiger partial charge in [-0.3, -0.25) is 4.79 Å². The summed E-state index contributed by atoms with van der Waals surface area (Å²) >= 11 is 0. The first-order valence-electron chi connectivity index (χ1n) is 8.94. The molecule has 0 saturated carbocycles. The van der Waals surface area contributed by atoms with Gasteiger partial charge in [-0.05, 0) is 38.8 Å². The minimum absolute atomic E-state index is 0.0392. The molecule has 0 fully saturated rings. The zero-order chi connectivity index (χ0) is 18.9.